The first-order valence-electron chi connectivity index (χ1n) is 12.0. The molecule has 1 aliphatic rings. The van der Waals surface area contributed by atoms with E-state index >= 15 is 0 Å². The number of halogens is 3. The van der Waals surface area contributed by atoms with Gasteiger partial charge < -0.3 is 20.4 Å². The van der Waals surface area contributed by atoms with E-state index in [0.29, 0.717) is 35.3 Å². The molecule has 10 nitrogen and oxygen atoms in total. The molecule has 13 heteroatoms. The Kier molecular flexibility index (Phi) is 7.62. The second kappa shape index (κ2) is 10.7. The topological polar surface area (TPSA) is 112 Å². The van der Waals surface area contributed by atoms with Gasteiger partial charge in [0.15, 0.2) is 0 Å². The summed E-state index contributed by atoms with van der Waals surface area (Å²) in [7, 11) is 3.88. The van der Waals surface area contributed by atoms with Crippen LogP contribution >= 0.6 is 0 Å². The molecule has 0 saturated carbocycles. The molecule has 198 valence electrons. The van der Waals surface area contributed by atoms with Crippen molar-refractivity contribution < 1.29 is 18.1 Å². The molecule has 4 rings (SSSR count). The number of nitro benzene ring substituents is 1. The van der Waals surface area contributed by atoms with E-state index in [4.69, 9.17) is 0 Å². The minimum atomic E-state index is -4.72. The Bertz CT molecular complexity index is 1280. The number of anilines is 3. The van der Waals surface area contributed by atoms with Crippen LogP contribution in [0.25, 0.3) is 10.9 Å². The van der Waals surface area contributed by atoms with E-state index in [1.807, 2.05) is 25.1 Å². The third-order valence-corrected chi connectivity index (χ3v) is 6.17. The van der Waals surface area contributed by atoms with Gasteiger partial charge in [-0.1, -0.05) is 0 Å². The highest BCUT2D eigenvalue weighted by Gasteiger charge is 2.33. The van der Waals surface area contributed by atoms with Gasteiger partial charge in [-0.2, -0.15) is 18.2 Å². The average molecular weight is 519 g/mol. The quantitative estimate of drug-likeness (QED) is 0.307. The fraction of sp³-hybridized carbons (Fsp3) is 0.458. The second-order valence-electron chi connectivity index (χ2n) is 9.31. The van der Waals surface area contributed by atoms with Gasteiger partial charge in [-0.25, -0.2) is 9.97 Å². The Morgan fingerprint density at radius 2 is 1.89 bits per heavy atom. The van der Waals surface area contributed by atoms with Crippen molar-refractivity contribution in [1.82, 2.24) is 19.9 Å². The number of alkyl halides is 3. The van der Waals surface area contributed by atoms with Crippen molar-refractivity contribution in [1.29, 1.82) is 0 Å². The molecule has 0 radical (unpaired) electrons. The van der Waals surface area contributed by atoms with Crippen molar-refractivity contribution in [3.63, 3.8) is 0 Å². The van der Waals surface area contributed by atoms with Crippen LogP contribution in [-0.2, 0) is 6.18 Å². The molecule has 37 heavy (non-hydrogen) atoms. The van der Waals surface area contributed by atoms with Crippen molar-refractivity contribution in [2.75, 3.05) is 55.8 Å². The van der Waals surface area contributed by atoms with Gasteiger partial charge in [0.2, 0.25) is 5.95 Å². The summed E-state index contributed by atoms with van der Waals surface area (Å²) >= 11 is 0. The zero-order valence-electron chi connectivity index (χ0n) is 20.8. The lowest BCUT2D eigenvalue weighted by Crippen LogP contribution is -2.22. The highest BCUT2D eigenvalue weighted by Crippen LogP contribution is 2.35. The van der Waals surface area contributed by atoms with E-state index in [1.54, 1.807) is 13.1 Å². The van der Waals surface area contributed by atoms with Crippen LogP contribution < -0.4 is 15.5 Å². The number of non-ortho nitro benzene ring substituents is 1. The zero-order valence-corrected chi connectivity index (χ0v) is 20.8. The molecule has 0 bridgehead atoms. The van der Waals surface area contributed by atoms with Gasteiger partial charge in [-0.3, -0.25) is 10.1 Å². The van der Waals surface area contributed by atoms with Crippen LogP contribution in [0.3, 0.4) is 0 Å². The number of likely N-dealkylation sites (N-methyl/N-ethyl adjacent to an activating group) is 1. The summed E-state index contributed by atoms with van der Waals surface area (Å²) in [5, 5.41) is 18.3. The fourth-order valence-electron chi connectivity index (χ4n) is 4.16. The number of benzene rings is 1. The van der Waals surface area contributed by atoms with E-state index in [2.05, 4.69) is 30.5 Å². The minimum Gasteiger partial charge on any atom is -0.363 e. The summed E-state index contributed by atoms with van der Waals surface area (Å²) in [6, 6.07) is 3.74. The SMILES string of the molecule is CC(Nc1nc(NCCN(C)C)nc2cnc(N3CCCC3)cc12)c1cc([N+](=O)[O-])cc(C(F)(F)F)c1. The summed E-state index contributed by atoms with van der Waals surface area (Å²) in [5.74, 6) is 1.51. The number of hydrogen-bond acceptors (Lipinski definition) is 9. The summed E-state index contributed by atoms with van der Waals surface area (Å²) in [4.78, 5) is 28.4. The number of aromatic nitrogens is 3. The van der Waals surface area contributed by atoms with Crippen LogP contribution in [-0.4, -0.2) is 65.0 Å². The van der Waals surface area contributed by atoms with Gasteiger partial charge >= 0.3 is 6.18 Å². The standard InChI is InChI=1S/C24H29F3N8O2/c1-15(16-10-17(24(25,26)27)12-18(11-16)35(36)37)30-22-19-13-21(34-7-4-5-8-34)29-14-20(19)31-23(32-22)28-6-9-33(2)3/h10-15H,4-9H2,1-3H3,(H2,28,30,31,32). The fourth-order valence-corrected chi connectivity index (χ4v) is 4.16. The number of pyridine rings is 1. The summed E-state index contributed by atoms with van der Waals surface area (Å²) in [6.45, 7) is 4.72. The molecule has 2 N–H and O–H groups in total. The van der Waals surface area contributed by atoms with Crippen molar-refractivity contribution in [3.05, 3.63) is 51.7 Å². The van der Waals surface area contributed by atoms with Crippen molar-refractivity contribution in [2.45, 2.75) is 32.0 Å². The second-order valence-corrected chi connectivity index (χ2v) is 9.31. The number of nitro groups is 1. The Morgan fingerprint density at radius 3 is 2.54 bits per heavy atom. The average Bonchev–Trinajstić information content (AvgIpc) is 3.38. The summed E-state index contributed by atoms with van der Waals surface area (Å²) in [6.07, 6.45) is -0.919. The largest absolute Gasteiger partial charge is 0.416 e. The van der Waals surface area contributed by atoms with Crippen molar-refractivity contribution in [2.24, 2.45) is 0 Å². The number of rotatable bonds is 9. The van der Waals surface area contributed by atoms with Crippen molar-refractivity contribution in [3.8, 4) is 0 Å². The molecule has 0 aliphatic carbocycles. The first kappa shape index (κ1) is 26.3. The highest BCUT2D eigenvalue weighted by atomic mass is 19.4. The minimum absolute atomic E-state index is 0.115. The summed E-state index contributed by atoms with van der Waals surface area (Å²) in [5.41, 5.74) is -1.03. The van der Waals surface area contributed by atoms with Crippen LogP contribution in [0.5, 0.6) is 0 Å². The van der Waals surface area contributed by atoms with Gasteiger partial charge in [-0.15, -0.1) is 0 Å². The van der Waals surface area contributed by atoms with E-state index in [-0.39, 0.29) is 5.56 Å². The molecular weight excluding hydrogens is 489 g/mol. The van der Waals surface area contributed by atoms with Crippen LogP contribution in [0.2, 0.25) is 0 Å². The Hall–Kier alpha value is -3.74. The highest BCUT2D eigenvalue weighted by molar-refractivity contribution is 5.91. The first-order chi connectivity index (χ1) is 17.5. The van der Waals surface area contributed by atoms with Gasteiger partial charge in [0.25, 0.3) is 5.69 Å². The molecule has 2 aromatic heterocycles. The lowest BCUT2D eigenvalue weighted by atomic mass is 10.0. The van der Waals surface area contributed by atoms with Crippen LogP contribution in [0.15, 0.2) is 30.5 Å². The van der Waals surface area contributed by atoms with E-state index in [9.17, 15) is 23.3 Å². The Morgan fingerprint density at radius 1 is 1.16 bits per heavy atom. The van der Waals surface area contributed by atoms with Crippen LogP contribution in [0.4, 0.5) is 36.4 Å². The molecule has 0 amide bonds. The van der Waals surface area contributed by atoms with Gasteiger partial charge in [-0.05, 0) is 51.6 Å². The van der Waals surface area contributed by atoms with Crippen molar-refractivity contribution >= 4 is 34.2 Å². The zero-order chi connectivity index (χ0) is 26.7. The molecular formula is C24H29F3N8O2. The van der Waals surface area contributed by atoms with Gasteiger partial charge in [0.05, 0.1) is 28.2 Å². The maximum absolute atomic E-state index is 13.4. The first-order valence-corrected chi connectivity index (χ1v) is 12.0. The monoisotopic (exact) mass is 518 g/mol. The number of hydrogen-bond donors (Lipinski definition) is 2. The smallest absolute Gasteiger partial charge is 0.363 e. The molecule has 3 heterocycles. The number of fused-ring (bicyclic) bond motifs is 1. The summed E-state index contributed by atoms with van der Waals surface area (Å²) < 4.78 is 40.3. The van der Waals surface area contributed by atoms with E-state index in [1.165, 1.54) is 0 Å². The lowest BCUT2D eigenvalue weighted by molar-refractivity contribution is -0.385. The van der Waals surface area contributed by atoms with Crippen LogP contribution in [0.1, 0.15) is 36.9 Å². The number of nitrogens with one attached hydrogen (secondary N) is 2. The van der Waals surface area contributed by atoms with E-state index < -0.39 is 28.4 Å². The van der Waals surface area contributed by atoms with E-state index in [0.717, 1.165) is 50.4 Å². The lowest BCUT2D eigenvalue weighted by Gasteiger charge is -2.20. The molecule has 1 saturated heterocycles. The maximum atomic E-state index is 13.4. The Balaban J connectivity index is 1.73. The van der Waals surface area contributed by atoms with Crippen LogP contribution in [0, 0.1) is 10.1 Å². The molecule has 3 aromatic rings. The van der Waals surface area contributed by atoms with Gasteiger partial charge in [0.1, 0.15) is 11.6 Å². The third kappa shape index (κ3) is 6.34. The normalized spacial score (nSPS) is 14.8. The molecule has 1 aromatic carbocycles. The molecule has 1 atom stereocenters. The predicted octanol–water partition coefficient (Wildman–Crippen LogP) is 4.70. The molecule has 0 spiro atoms. The molecule has 1 aliphatic heterocycles. The molecule has 1 fully saturated rings. The predicted molar refractivity (Wildman–Crippen MR) is 136 cm³/mol. The van der Waals surface area contributed by atoms with Gasteiger partial charge in [0, 0.05) is 43.7 Å². The Labute approximate surface area is 212 Å². The third-order valence-electron chi connectivity index (χ3n) is 6.17. The number of nitrogens with zero attached hydrogens (tertiary/aromatic N) is 6. The maximum Gasteiger partial charge on any atom is 0.416 e. The molecule has 1 unspecified atom stereocenters.